The van der Waals surface area contributed by atoms with Gasteiger partial charge >= 0.3 is 0 Å². The monoisotopic (exact) mass is 302 g/mol. The lowest BCUT2D eigenvalue weighted by molar-refractivity contribution is 0.152. The van der Waals surface area contributed by atoms with E-state index in [1.807, 2.05) is 0 Å². The van der Waals surface area contributed by atoms with Crippen LogP contribution in [-0.4, -0.2) is 7.11 Å². The van der Waals surface area contributed by atoms with Gasteiger partial charge in [-0.25, -0.2) is 8.78 Å². The Labute approximate surface area is 119 Å². The number of hydrogen-bond acceptors (Lipinski definition) is 1. The average molecular weight is 303 g/mol. The Balaban J connectivity index is 2.64. The summed E-state index contributed by atoms with van der Waals surface area (Å²) < 4.78 is 31.1. The van der Waals surface area contributed by atoms with Gasteiger partial charge in [-0.15, -0.1) is 0 Å². The molecule has 2 aromatic rings. The zero-order valence-electron chi connectivity index (χ0n) is 9.96. The first-order valence-electron chi connectivity index (χ1n) is 5.44. The summed E-state index contributed by atoms with van der Waals surface area (Å²) in [5.41, 5.74) is 0.810. The predicted octanol–water partition coefficient (Wildman–Crippen LogP) is 5.61. The molecule has 0 fully saturated rings. The number of ether oxygens (including phenoxy) is 1. The second kappa shape index (κ2) is 5.76. The largest absolute Gasteiger partial charge is 0.497 e. The van der Waals surface area contributed by atoms with Crippen molar-refractivity contribution in [3.05, 3.63) is 52.0 Å². The highest BCUT2D eigenvalue weighted by Gasteiger charge is 2.16. The van der Waals surface area contributed by atoms with Crippen LogP contribution in [0.5, 0.6) is 5.75 Å². The van der Waals surface area contributed by atoms with Crippen molar-refractivity contribution in [1.82, 2.24) is 0 Å². The maximum Gasteiger partial charge on any atom is 0.264 e. The molecule has 100 valence electrons. The number of methoxy groups -OCH3 is 1. The molecule has 2 rings (SSSR count). The van der Waals surface area contributed by atoms with Crippen molar-refractivity contribution >= 4 is 23.2 Å². The van der Waals surface area contributed by atoms with Gasteiger partial charge in [-0.2, -0.15) is 0 Å². The third-order valence-corrected chi connectivity index (χ3v) is 3.11. The van der Waals surface area contributed by atoms with E-state index in [0.29, 0.717) is 26.9 Å². The van der Waals surface area contributed by atoms with Crippen molar-refractivity contribution in [2.75, 3.05) is 7.11 Å². The van der Waals surface area contributed by atoms with E-state index in [9.17, 15) is 8.78 Å². The minimum Gasteiger partial charge on any atom is -0.497 e. The predicted molar refractivity (Wildman–Crippen MR) is 73.4 cm³/mol. The van der Waals surface area contributed by atoms with Gasteiger partial charge in [0.2, 0.25) is 0 Å². The van der Waals surface area contributed by atoms with Gasteiger partial charge in [-0.1, -0.05) is 23.2 Å². The third-order valence-electron chi connectivity index (χ3n) is 2.67. The Bertz CT molecular complexity index is 580. The average Bonchev–Trinajstić information content (AvgIpc) is 2.36. The molecule has 2 aromatic carbocycles. The summed E-state index contributed by atoms with van der Waals surface area (Å²) in [5.74, 6) is 0.496. The van der Waals surface area contributed by atoms with Gasteiger partial charge in [0.05, 0.1) is 7.11 Å². The first kappa shape index (κ1) is 14.1. The van der Waals surface area contributed by atoms with Crippen LogP contribution in [0.4, 0.5) is 8.78 Å². The molecule has 5 heteroatoms. The molecule has 0 aliphatic rings. The highest BCUT2D eigenvalue weighted by molar-refractivity contribution is 6.35. The molecule has 0 amide bonds. The number of rotatable bonds is 3. The molecule has 19 heavy (non-hydrogen) atoms. The normalized spacial score (nSPS) is 10.8. The van der Waals surface area contributed by atoms with Gasteiger partial charge in [0.1, 0.15) is 5.75 Å². The van der Waals surface area contributed by atoms with E-state index in [1.54, 1.807) is 24.3 Å². The van der Waals surface area contributed by atoms with Crippen LogP contribution >= 0.6 is 23.2 Å². The lowest BCUT2D eigenvalue weighted by Crippen LogP contribution is -1.92. The molecular weight excluding hydrogens is 293 g/mol. The van der Waals surface area contributed by atoms with Gasteiger partial charge in [-0.05, 0) is 47.5 Å². The minimum atomic E-state index is -2.58. The zero-order valence-corrected chi connectivity index (χ0v) is 11.5. The molecule has 0 aromatic heterocycles. The van der Waals surface area contributed by atoms with Crippen LogP contribution in [0.2, 0.25) is 10.0 Å². The zero-order chi connectivity index (χ0) is 14.0. The first-order valence-corrected chi connectivity index (χ1v) is 6.19. The summed E-state index contributed by atoms with van der Waals surface area (Å²) in [7, 11) is 1.48. The van der Waals surface area contributed by atoms with Gasteiger partial charge in [-0.3, -0.25) is 0 Å². The molecule has 0 radical (unpaired) electrons. The van der Waals surface area contributed by atoms with Gasteiger partial charge < -0.3 is 4.74 Å². The van der Waals surface area contributed by atoms with E-state index in [4.69, 9.17) is 27.9 Å². The molecule has 0 spiro atoms. The van der Waals surface area contributed by atoms with Crippen LogP contribution in [0.3, 0.4) is 0 Å². The second-order valence-corrected chi connectivity index (χ2v) is 4.78. The van der Waals surface area contributed by atoms with E-state index in [-0.39, 0.29) is 5.56 Å². The maximum absolute atomic E-state index is 13.0. The van der Waals surface area contributed by atoms with Crippen LogP contribution in [0, 0.1) is 0 Å². The number of alkyl halides is 2. The summed E-state index contributed by atoms with van der Waals surface area (Å²) in [5, 5.41) is 0.788. The number of halogens is 4. The van der Waals surface area contributed by atoms with E-state index >= 15 is 0 Å². The standard InChI is InChI=1S/C14H10Cl2F2O/c1-19-11-2-3-12(14(17)18)13(7-11)8-4-9(15)6-10(16)5-8/h2-7,14H,1H3. The molecule has 0 saturated heterocycles. The van der Waals surface area contributed by atoms with Crippen LogP contribution in [0.1, 0.15) is 12.0 Å². The van der Waals surface area contributed by atoms with E-state index in [0.717, 1.165) is 0 Å². The molecule has 0 atom stereocenters. The fourth-order valence-corrected chi connectivity index (χ4v) is 2.34. The van der Waals surface area contributed by atoms with Crippen LogP contribution in [-0.2, 0) is 0 Å². The van der Waals surface area contributed by atoms with Crippen molar-refractivity contribution in [3.63, 3.8) is 0 Å². The smallest absolute Gasteiger partial charge is 0.264 e. The van der Waals surface area contributed by atoms with Gasteiger partial charge in [0.15, 0.2) is 0 Å². The molecule has 0 bridgehead atoms. The Morgan fingerprint density at radius 3 is 2.16 bits per heavy atom. The SMILES string of the molecule is COc1ccc(C(F)F)c(-c2cc(Cl)cc(Cl)c2)c1. The fourth-order valence-electron chi connectivity index (χ4n) is 1.81. The molecule has 0 aliphatic carbocycles. The molecule has 1 nitrogen and oxygen atoms in total. The lowest BCUT2D eigenvalue weighted by atomic mass is 9.99. The molecular formula is C14H10Cl2F2O. The van der Waals surface area contributed by atoms with Crippen LogP contribution in [0.15, 0.2) is 36.4 Å². The lowest BCUT2D eigenvalue weighted by Gasteiger charge is -2.12. The highest BCUT2D eigenvalue weighted by Crippen LogP contribution is 2.36. The fraction of sp³-hybridized carbons (Fsp3) is 0.143. The Kier molecular flexibility index (Phi) is 4.27. The number of benzene rings is 2. The van der Waals surface area contributed by atoms with Gasteiger partial charge in [0.25, 0.3) is 6.43 Å². The van der Waals surface area contributed by atoms with Crippen LogP contribution in [0.25, 0.3) is 11.1 Å². The van der Waals surface area contributed by atoms with Crippen molar-refractivity contribution in [2.45, 2.75) is 6.43 Å². The molecule has 0 N–H and O–H groups in total. The van der Waals surface area contributed by atoms with Crippen molar-refractivity contribution in [2.24, 2.45) is 0 Å². The minimum absolute atomic E-state index is 0.0841. The third kappa shape index (κ3) is 3.17. The maximum atomic E-state index is 13.0. The van der Waals surface area contributed by atoms with E-state index in [1.165, 1.54) is 19.2 Å². The summed E-state index contributed by atoms with van der Waals surface area (Å²) >= 11 is 11.8. The Hall–Kier alpha value is -1.32. The molecule has 0 aliphatic heterocycles. The summed E-state index contributed by atoms with van der Waals surface area (Å²) in [6.45, 7) is 0. The van der Waals surface area contributed by atoms with Crippen molar-refractivity contribution in [1.29, 1.82) is 0 Å². The first-order chi connectivity index (χ1) is 9.01. The molecule has 0 unspecified atom stereocenters. The van der Waals surface area contributed by atoms with Crippen molar-refractivity contribution < 1.29 is 13.5 Å². The quantitative estimate of drug-likeness (QED) is 0.716. The number of hydrogen-bond donors (Lipinski definition) is 0. The molecule has 0 saturated carbocycles. The van der Waals surface area contributed by atoms with Crippen LogP contribution < -0.4 is 4.74 Å². The Morgan fingerprint density at radius 1 is 1.00 bits per heavy atom. The van der Waals surface area contributed by atoms with Crippen molar-refractivity contribution in [3.8, 4) is 16.9 Å². The Morgan fingerprint density at radius 2 is 1.63 bits per heavy atom. The van der Waals surface area contributed by atoms with E-state index < -0.39 is 6.43 Å². The van der Waals surface area contributed by atoms with Gasteiger partial charge in [0, 0.05) is 15.6 Å². The molecule has 0 heterocycles. The highest BCUT2D eigenvalue weighted by atomic mass is 35.5. The topological polar surface area (TPSA) is 9.23 Å². The van der Waals surface area contributed by atoms with E-state index in [2.05, 4.69) is 0 Å². The summed E-state index contributed by atoms with van der Waals surface area (Å²) in [6.07, 6.45) is -2.58. The summed E-state index contributed by atoms with van der Waals surface area (Å²) in [6, 6.07) is 9.12. The summed E-state index contributed by atoms with van der Waals surface area (Å²) in [4.78, 5) is 0. The second-order valence-electron chi connectivity index (χ2n) is 3.91.